The monoisotopic (exact) mass is 702 g/mol. The quantitative estimate of drug-likeness (QED) is 0.168. The Morgan fingerprint density at radius 3 is 1.47 bits per heavy atom. The maximum absolute atomic E-state index is 7.94. The van der Waals surface area contributed by atoms with Gasteiger partial charge < -0.3 is 0 Å². The summed E-state index contributed by atoms with van der Waals surface area (Å²) in [5.41, 5.74) is 12.5. The molecule has 1 heterocycles. The molecular formula is C51H34N4. The lowest BCUT2D eigenvalue weighted by molar-refractivity contribution is 0.660. The number of hydrogen-bond acceptors (Lipinski definition) is 3. The molecule has 0 saturated carbocycles. The Morgan fingerprint density at radius 1 is 0.400 bits per heavy atom. The Kier molecular flexibility index (Phi) is 7.50. The van der Waals surface area contributed by atoms with Gasteiger partial charge in [-0.3, -0.25) is 0 Å². The Balaban J connectivity index is 1.05. The Bertz CT molecular complexity index is 2930. The topological polar surface area (TPSA) is 43.0 Å². The van der Waals surface area contributed by atoms with Crippen LogP contribution >= 0.6 is 0 Å². The van der Waals surface area contributed by atoms with Gasteiger partial charge in [-0.15, -0.1) is 0 Å². The Hall–Kier alpha value is -7.22. The van der Waals surface area contributed by atoms with Crippen LogP contribution in [0.4, 0.5) is 5.69 Å². The van der Waals surface area contributed by atoms with Crippen molar-refractivity contribution in [2.45, 2.75) is 19.3 Å². The van der Waals surface area contributed by atoms with E-state index in [2.05, 4.69) is 176 Å². The highest BCUT2D eigenvalue weighted by atomic mass is 15.0. The second-order valence-electron chi connectivity index (χ2n) is 14.8. The molecule has 4 heteroatoms. The van der Waals surface area contributed by atoms with E-state index >= 15 is 0 Å². The molecule has 0 atom stereocenters. The van der Waals surface area contributed by atoms with Gasteiger partial charge in [0.25, 0.3) is 0 Å². The number of rotatable bonds is 5. The molecule has 0 saturated heterocycles. The maximum Gasteiger partial charge on any atom is 0.195 e. The van der Waals surface area contributed by atoms with Crippen molar-refractivity contribution in [2.75, 3.05) is 0 Å². The van der Waals surface area contributed by atoms with Crippen molar-refractivity contribution >= 4 is 27.2 Å². The number of aromatic nitrogens is 3. The van der Waals surface area contributed by atoms with Gasteiger partial charge in [-0.2, -0.15) is 0 Å². The molecule has 0 spiro atoms. The molecule has 1 aliphatic carbocycles. The molecule has 0 radical (unpaired) electrons. The van der Waals surface area contributed by atoms with E-state index in [0.29, 0.717) is 23.2 Å². The summed E-state index contributed by atoms with van der Waals surface area (Å²) in [5.74, 6) is 1.89. The molecule has 1 aromatic heterocycles. The van der Waals surface area contributed by atoms with E-state index in [1.54, 1.807) is 0 Å². The molecule has 8 aromatic carbocycles. The summed E-state index contributed by atoms with van der Waals surface area (Å²) in [5, 5.41) is 4.62. The third-order valence-electron chi connectivity index (χ3n) is 11.1. The van der Waals surface area contributed by atoms with Gasteiger partial charge in [-0.1, -0.05) is 166 Å². The van der Waals surface area contributed by atoms with Crippen LogP contribution in [0.15, 0.2) is 170 Å². The molecule has 55 heavy (non-hydrogen) atoms. The van der Waals surface area contributed by atoms with Crippen LogP contribution < -0.4 is 0 Å². The lowest BCUT2D eigenvalue weighted by atomic mass is 9.82. The smallest absolute Gasteiger partial charge is 0.195 e. The van der Waals surface area contributed by atoms with E-state index in [1.165, 1.54) is 27.5 Å². The fourth-order valence-corrected chi connectivity index (χ4v) is 8.25. The van der Waals surface area contributed by atoms with Crippen molar-refractivity contribution in [3.05, 3.63) is 192 Å². The standard InChI is InChI=1S/C51H34N4/c1-51(2)43-18-9-17-42(46(43)47-44(51)19-10-20-45(47)52-3)35-25-21-34(22-26-35)38-15-8-16-39(29-38)48-53-49(40-27-23-32-11-4-6-13-36(32)30-40)55-50(54-48)41-28-24-33-12-5-7-14-37(33)31-41/h4-31H,1-2H3. The summed E-state index contributed by atoms with van der Waals surface area (Å²) < 4.78 is 0. The summed E-state index contributed by atoms with van der Waals surface area (Å²) in [6.45, 7) is 12.5. The maximum atomic E-state index is 7.94. The second-order valence-corrected chi connectivity index (χ2v) is 14.8. The number of fused-ring (bicyclic) bond motifs is 5. The summed E-state index contributed by atoms with van der Waals surface area (Å²) >= 11 is 0. The minimum absolute atomic E-state index is 0.181. The minimum atomic E-state index is -0.181. The predicted octanol–water partition coefficient (Wildman–Crippen LogP) is 13.4. The van der Waals surface area contributed by atoms with Crippen molar-refractivity contribution in [1.82, 2.24) is 15.0 Å². The van der Waals surface area contributed by atoms with Crippen molar-refractivity contribution in [2.24, 2.45) is 0 Å². The average Bonchev–Trinajstić information content (AvgIpc) is 3.49. The van der Waals surface area contributed by atoms with Gasteiger partial charge in [0.1, 0.15) is 0 Å². The number of benzene rings is 8. The van der Waals surface area contributed by atoms with Crippen LogP contribution in [0.2, 0.25) is 0 Å². The van der Waals surface area contributed by atoms with E-state index in [0.717, 1.165) is 55.3 Å². The highest BCUT2D eigenvalue weighted by molar-refractivity contribution is 5.98. The Morgan fingerprint density at radius 2 is 0.873 bits per heavy atom. The fraction of sp³-hybridized carbons (Fsp3) is 0.0588. The van der Waals surface area contributed by atoms with Crippen molar-refractivity contribution in [3.8, 4) is 67.5 Å². The van der Waals surface area contributed by atoms with Gasteiger partial charge in [-0.25, -0.2) is 19.8 Å². The molecular weight excluding hydrogens is 669 g/mol. The third kappa shape index (κ3) is 5.48. The van der Waals surface area contributed by atoms with Crippen LogP contribution in [0.25, 0.3) is 93.9 Å². The average molecular weight is 703 g/mol. The van der Waals surface area contributed by atoms with E-state index in [-0.39, 0.29) is 5.41 Å². The van der Waals surface area contributed by atoms with E-state index in [9.17, 15) is 0 Å². The molecule has 4 nitrogen and oxygen atoms in total. The predicted molar refractivity (Wildman–Crippen MR) is 226 cm³/mol. The van der Waals surface area contributed by atoms with Crippen molar-refractivity contribution in [3.63, 3.8) is 0 Å². The van der Waals surface area contributed by atoms with Gasteiger partial charge in [0.15, 0.2) is 23.2 Å². The van der Waals surface area contributed by atoms with Gasteiger partial charge in [-0.05, 0) is 84.3 Å². The zero-order chi connectivity index (χ0) is 37.1. The number of nitrogens with zero attached hydrogens (tertiary/aromatic N) is 4. The molecule has 258 valence electrons. The van der Waals surface area contributed by atoms with Crippen LogP contribution in [0.3, 0.4) is 0 Å². The van der Waals surface area contributed by atoms with Gasteiger partial charge in [0.2, 0.25) is 0 Å². The molecule has 10 rings (SSSR count). The largest absolute Gasteiger partial charge is 0.238 e. The molecule has 0 aliphatic heterocycles. The molecule has 0 bridgehead atoms. The zero-order valence-corrected chi connectivity index (χ0v) is 30.5. The first-order valence-corrected chi connectivity index (χ1v) is 18.6. The van der Waals surface area contributed by atoms with Gasteiger partial charge in [0.05, 0.1) is 6.57 Å². The summed E-state index contributed by atoms with van der Waals surface area (Å²) in [7, 11) is 0. The van der Waals surface area contributed by atoms with Crippen LogP contribution in [-0.2, 0) is 5.41 Å². The van der Waals surface area contributed by atoms with Crippen molar-refractivity contribution < 1.29 is 0 Å². The normalized spacial score (nSPS) is 12.7. The first-order valence-electron chi connectivity index (χ1n) is 18.6. The molecule has 0 fully saturated rings. The summed E-state index contributed by atoms with van der Waals surface area (Å²) in [4.78, 5) is 19.2. The first-order chi connectivity index (χ1) is 26.9. The molecule has 0 N–H and O–H groups in total. The highest BCUT2D eigenvalue weighted by Gasteiger charge is 2.38. The van der Waals surface area contributed by atoms with Crippen LogP contribution in [0, 0.1) is 6.57 Å². The lowest BCUT2D eigenvalue weighted by Crippen LogP contribution is -2.14. The van der Waals surface area contributed by atoms with Crippen LogP contribution in [0.5, 0.6) is 0 Å². The molecule has 1 aliphatic rings. The molecule has 0 amide bonds. The van der Waals surface area contributed by atoms with Crippen LogP contribution in [-0.4, -0.2) is 15.0 Å². The van der Waals surface area contributed by atoms with Crippen molar-refractivity contribution in [1.29, 1.82) is 0 Å². The van der Waals surface area contributed by atoms with E-state index in [1.807, 2.05) is 12.1 Å². The lowest BCUT2D eigenvalue weighted by Gasteiger charge is -2.22. The van der Waals surface area contributed by atoms with Gasteiger partial charge in [0, 0.05) is 22.1 Å². The molecule has 9 aromatic rings. The second kappa shape index (κ2) is 12.7. The van der Waals surface area contributed by atoms with E-state index in [4.69, 9.17) is 21.5 Å². The fourth-order valence-electron chi connectivity index (χ4n) is 8.25. The Labute approximate surface area is 320 Å². The van der Waals surface area contributed by atoms with E-state index < -0.39 is 0 Å². The first kappa shape index (κ1) is 32.4. The number of hydrogen-bond donors (Lipinski definition) is 0. The minimum Gasteiger partial charge on any atom is -0.238 e. The van der Waals surface area contributed by atoms with Gasteiger partial charge >= 0.3 is 0 Å². The summed E-state index contributed by atoms with van der Waals surface area (Å²) in [6, 6.07) is 59.3. The third-order valence-corrected chi connectivity index (χ3v) is 11.1. The van der Waals surface area contributed by atoms with Crippen LogP contribution in [0.1, 0.15) is 25.0 Å². The SMILES string of the molecule is [C-]#[N+]c1cccc2c1-c1c(-c3ccc(-c4cccc(-c5nc(-c6ccc7ccccc7c6)nc(-c6ccc7ccccc7c6)n5)c4)cc3)cccc1C2(C)C. The molecule has 0 unspecified atom stereocenters. The zero-order valence-electron chi connectivity index (χ0n) is 30.5. The summed E-state index contributed by atoms with van der Waals surface area (Å²) in [6.07, 6.45) is 0. The highest BCUT2D eigenvalue weighted by Crippen LogP contribution is 2.55.